The third-order valence-corrected chi connectivity index (χ3v) is 5.74. The van der Waals surface area contributed by atoms with Gasteiger partial charge in [-0.15, -0.1) is 0 Å². The quantitative estimate of drug-likeness (QED) is 0.578. The lowest BCUT2D eigenvalue weighted by atomic mass is 10.0. The van der Waals surface area contributed by atoms with E-state index in [0.29, 0.717) is 24.2 Å². The molecule has 0 unspecified atom stereocenters. The first-order valence-corrected chi connectivity index (χ1v) is 10.6. The Bertz CT molecular complexity index is 1010. The standard InChI is InChI=1S/C25H29N3O2/c1-17-9-10-18(2)21(13-17)14-28(19(3)20-7-5-4-6-8-20)15-24-27-23(16-30-24)25(29)26-22-11-12-22/h4-10,13,16,19,22H,11-12,14-15H2,1-3H3,(H,26,29)/t19-/m1/s1. The zero-order chi connectivity index (χ0) is 21.1. The largest absolute Gasteiger partial charge is 0.447 e. The van der Waals surface area contributed by atoms with Gasteiger partial charge in [0.05, 0.1) is 6.54 Å². The minimum absolute atomic E-state index is 0.148. The van der Waals surface area contributed by atoms with Crippen molar-refractivity contribution in [2.75, 3.05) is 0 Å². The minimum Gasteiger partial charge on any atom is -0.447 e. The molecular weight excluding hydrogens is 374 g/mol. The van der Waals surface area contributed by atoms with E-state index in [-0.39, 0.29) is 11.9 Å². The molecule has 1 saturated carbocycles. The number of aromatic nitrogens is 1. The molecule has 2 aromatic carbocycles. The van der Waals surface area contributed by atoms with Crippen molar-refractivity contribution in [3.8, 4) is 0 Å². The average Bonchev–Trinajstić information content (AvgIpc) is 3.44. The van der Waals surface area contributed by atoms with Crippen LogP contribution in [-0.4, -0.2) is 21.8 Å². The summed E-state index contributed by atoms with van der Waals surface area (Å²) in [4.78, 5) is 19.1. The molecule has 0 radical (unpaired) electrons. The molecule has 1 atom stereocenters. The van der Waals surface area contributed by atoms with E-state index in [1.807, 2.05) is 6.07 Å². The first-order chi connectivity index (χ1) is 14.5. The van der Waals surface area contributed by atoms with Gasteiger partial charge in [0.15, 0.2) is 5.69 Å². The van der Waals surface area contributed by atoms with Gasteiger partial charge in [-0.25, -0.2) is 4.98 Å². The Hall–Kier alpha value is -2.92. The first-order valence-electron chi connectivity index (χ1n) is 10.6. The van der Waals surface area contributed by atoms with Crippen molar-refractivity contribution < 1.29 is 9.21 Å². The van der Waals surface area contributed by atoms with Crippen molar-refractivity contribution >= 4 is 5.91 Å². The summed E-state index contributed by atoms with van der Waals surface area (Å²) in [6.45, 7) is 7.76. The number of benzene rings is 2. The van der Waals surface area contributed by atoms with E-state index in [1.165, 1.54) is 28.5 Å². The Balaban J connectivity index is 1.56. The normalized spacial score (nSPS) is 14.7. The van der Waals surface area contributed by atoms with Gasteiger partial charge in [-0.05, 0) is 50.3 Å². The van der Waals surface area contributed by atoms with Gasteiger partial charge in [0.2, 0.25) is 5.89 Å². The summed E-state index contributed by atoms with van der Waals surface area (Å²) in [5.74, 6) is 0.411. The smallest absolute Gasteiger partial charge is 0.273 e. The molecule has 0 saturated heterocycles. The van der Waals surface area contributed by atoms with Crippen LogP contribution in [-0.2, 0) is 13.1 Å². The number of nitrogens with zero attached hydrogens (tertiary/aromatic N) is 2. The Kier molecular flexibility index (Phi) is 6.00. The number of rotatable bonds is 8. The van der Waals surface area contributed by atoms with Crippen LogP contribution in [0.15, 0.2) is 59.2 Å². The highest BCUT2D eigenvalue weighted by Gasteiger charge is 2.26. The second-order valence-electron chi connectivity index (χ2n) is 8.30. The fourth-order valence-corrected chi connectivity index (χ4v) is 3.61. The molecular formula is C25H29N3O2. The molecule has 1 fully saturated rings. The lowest BCUT2D eigenvalue weighted by Crippen LogP contribution is -2.27. The Morgan fingerprint density at radius 2 is 1.93 bits per heavy atom. The predicted molar refractivity (Wildman–Crippen MR) is 117 cm³/mol. The van der Waals surface area contributed by atoms with E-state index >= 15 is 0 Å². The molecule has 5 nitrogen and oxygen atoms in total. The number of aryl methyl sites for hydroxylation is 2. The van der Waals surface area contributed by atoms with E-state index in [1.54, 1.807) is 0 Å². The van der Waals surface area contributed by atoms with Crippen LogP contribution in [0.5, 0.6) is 0 Å². The number of nitrogens with one attached hydrogen (secondary N) is 1. The van der Waals surface area contributed by atoms with Gasteiger partial charge in [0.25, 0.3) is 5.91 Å². The van der Waals surface area contributed by atoms with Crippen LogP contribution in [0.3, 0.4) is 0 Å². The molecule has 3 aromatic rings. The third-order valence-electron chi connectivity index (χ3n) is 5.74. The summed E-state index contributed by atoms with van der Waals surface area (Å²) in [5, 5.41) is 2.96. The summed E-state index contributed by atoms with van der Waals surface area (Å²) >= 11 is 0. The number of hydrogen-bond donors (Lipinski definition) is 1. The highest BCUT2D eigenvalue weighted by Crippen LogP contribution is 2.26. The third kappa shape index (κ3) is 4.97. The van der Waals surface area contributed by atoms with Crippen LogP contribution in [0.2, 0.25) is 0 Å². The second-order valence-corrected chi connectivity index (χ2v) is 8.30. The Morgan fingerprint density at radius 1 is 1.17 bits per heavy atom. The van der Waals surface area contributed by atoms with Crippen LogP contribution >= 0.6 is 0 Å². The summed E-state index contributed by atoms with van der Waals surface area (Å²) in [6, 6.07) is 17.5. The number of carbonyl (C=O) groups is 1. The molecule has 1 aliphatic carbocycles. The topological polar surface area (TPSA) is 58.4 Å². The van der Waals surface area contributed by atoms with Crippen LogP contribution in [0.1, 0.15) is 64.4 Å². The van der Waals surface area contributed by atoms with Gasteiger partial charge in [-0.3, -0.25) is 9.69 Å². The van der Waals surface area contributed by atoms with E-state index in [0.717, 1.165) is 19.4 Å². The molecule has 4 rings (SSSR count). The maximum absolute atomic E-state index is 12.3. The fraction of sp³-hybridized carbons (Fsp3) is 0.360. The molecule has 1 heterocycles. The summed E-state index contributed by atoms with van der Waals surface area (Å²) < 4.78 is 5.68. The average molecular weight is 404 g/mol. The van der Waals surface area contributed by atoms with Crippen molar-refractivity contribution in [1.82, 2.24) is 15.2 Å². The molecule has 156 valence electrons. The summed E-state index contributed by atoms with van der Waals surface area (Å²) in [6.07, 6.45) is 3.57. The lowest BCUT2D eigenvalue weighted by Gasteiger charge is -2.29. The van der Waals surface area contributed by atoms with Crippen molar-refractivity contribution in [1.29, 1.82) is 0 Å². The van der Waals surface area contributed by atoms with E-state index in [2.05, 4.69) is 78.4 Å². The summed E-state index contributed by atoms with van der Waals surface area (Å²) in [7, 11) is 0. The van der Waals surface area contributed by atoms with Gasteiger partial charge >= 0.3 is 0 Å². The molecule has 0 aliphatic heterocycles. The number of carbonyl (C=O) groups excluding carboxylic acids is 1. The van der Waals surface area contributed by atoms with Gasteiger partial charge < -0.3 is 9.73 Å². The minimum atomic E-state index is -0.148. The van der Waals surface area contributed by atoms with Gasteiger partial charge in [-0.1, -0.05) is 54.1 Å². The molecule has 0 spiro atoms. The first kappa shape index (κ1) is 20.4. The molecule has 1 N–H and O–H groups in total. The maximum atomic E-state index is 12.3. The van der Waals surface area contributed by atoms with Crippen molar-refractivity contribution in [3.63, 3.8) is 0 Å². The van der Waals surface area contributed by atoms with E-state index < -0.39 is 0 Å². The number of hydrogen-bond acceptors (Lipinski definition) is 4. The molecule has 30 heavy (non-hydrogen) atoms. The van der Waals surface area contributed by atoms with Gasteiger partial charge in [0.1, 0.15) is 6.26 Å². The van der Waals surface area contributed by atoms with Crippen molar-refractivity contribution in [2.45, 2.75) is 58.8 Å². The molecule has 0 bridgehead atoms. The molecule has 5 heteroatoms. The fourth-order valence-electron chi connectivity index (χ4n) is 3.61. The highest BCUT2D eigenvalue weighted by atomic mass is 16.3. The maximum Gasteiger partial charge on any atom is 0.273 e. The van der Waals surface area contributed by atoms with E-state index in [9.17, 15) is 4.79 Å². The van der Waals surface area contributed by atoms with Crippen LogP contribution < -0.4 is 5.32 Å². The molecule has 1 aromatic heterocycles. The zero-order valence-corrected chi connectivity index (χ0v) is 17.9. The second kappa shape index (κ2) is 8.84. The molecule has 1 amide bonds. The van der Waals surface area contributed by atoms with Crippen molar-refractivity contribution in [2.24, 2.45) is 0 Å². The Labute approximate surface area is 178 Å². The van der Waals surface area contributed by atoms with E-state index in [4.69, 9.17) is 4.42 Å². The number of amides is 1. The Morgan fingerprint density at radius 3 is 2.67 bits per heavy atom. The number of oxazole rings is 1. The molecule has 1 aliphatic rings. The lowest BCUT2D eigenvalue weighted by molar-refractivity contribution is 0.0946. The van der Waals surface area contributed by atoms with Crippen LogP contribution in [0, 0.1) is 13.8 Å². The van der Waals surface area contributed by atoms with Gasteiger partial charge in [-0.2, -0.15) is 0 Å². The summed E-state index contributed by atoms with van der Waals surface area (Å²) in [5.41, 5.74) is 5.40. The highest BCUT2D eigenvalue weighted by molar-refractivity contribution is 5.92. The van der Waals surface area contributed by atoms with Crippen LogP contribution in [0.4, 0.5) is 0 Å². The van der Waals surface area contributed by atoms with Gasteiger partial charge in [0, 0.05) is 18.6 Å². The monoisotopic (exact) mass is 403 g/mol. The zero-order valence-electron chi connectivity index (χ0n) is 17.9. The van der Waals surface area contributed by atoms with Crippen molar-refractivity contribution in [3.05, 3.63) is 88.6 Å². The SMILES string of the molecule is Cc1ccc(C)c(CN(Cc2nc(C(=O)NC3CC3)co2)[C@H](C)c2ccccc2)c1. The predicted octanol–water partition coefficient (Wildman–Crippen LogP) is 4.95. The van der Waals surface area contributed by atoms with Crippen LogP contribution in [0.25, 0.3) is 0 Å².